The first-order chi connectivity index (χ1) is 12.9. The summed E-state index contributed by atoms with van der Waals surface area (Å²) < 4.78 is 33.0. The Hall–Kier alpha value is -1.19. The third-order valence-electron chi connectivity index (χ3n) is 5.53. The molecular formula is C19H30ClN3O4S. The van der Waals surface area contributed by atoms with Crippen LogP contribution in [0.2, 0.25) is 0 Å². The van der Waals surface area contributed by atoms with Gasteiger partial charge in [0.1, 0.15) is 6.10 Å². The van der Waals surface area contributed by atoms with Crippen molar-refractivity contribution in [3.63, 3.8) is 0 Å². The highest BCUT2D eigenvalue weighted by atomic mass is 35.5. The van der Waals surface area contributed by atoms with E-state index in [-0.39, 0.29) is 35.4 Å². The number of benzene rings is 1. The van der Waals surface area contributed by atoms with Crippen LogP contribution in [-0.4, -0.2) is 50.5 Å². The molecular weight excluding hydrogens is 402 g/mol. The molecule has 158 valence electrons. The lowest BCUT2D eigenvalue weighted by molar-refractivity contribution is -0.126. The van der Waals surface area contributed by atoms with E-state index in [9.17, 15) is 13.2 Å². The highest BCUT2D eigenvalue weighted by Crippen LogP contribution is 2.28. The van der Waals surface area contributed by atoms with Gasteiger partial charge in [-0.05, 0) is 43.9 Å². The molecule has 1 saturated carbocycles. The second kappa shape index (κ2) is 10.0. The van der Waals surface area contributed by atoms with Gasteiger partial charge in [0.2, 0.25) is 10.0 Å². The van der Waals surface area contributed by atoms with E-state index in [4.69, 9.17) is 10.5 Å². The van der Waals surface area contributed by atoms with Gasteiger partial charge in [-0.2, -0.15) is 4.31 Å². The number of carbonyl (C=O) groups is 1. The molecule has 3 N–H and O–H groups in total. The minimum absolute atomic E-state index is 0. The zero-order valence-corrected chi connectivity index (χ0v) is 17.8. The number of nitrogens with zero attached hydrogens (tertiary/aromatic N) is 1. The maximum atomic E-state index is 13.0. The fraction of sp³-hybridized carbons (Fsp3) is 0.632. The molecule has 0 radical (unpaired) electrons. The van der Waals surface area contributed by atoms with Gasteiger partial charge in [-0.3, -0.25) is 4.79 Å². The molecule has 0 unspecified atom stereocenters. The van der Waals surface area contributed by atoms with Gasteiger partial charge in [-0.15, -0.1) is 12.4 Å². The molecule has 1 heterocycles. The van der Waals surface area contributed by atoms with Crippen LogP contribution in [-0.2, 0) is 19.6 Å². The van der Waals surface area contributed by atoms with Crippen molar-refractivity contribution < 1.29 is 17.9 Å². The minimum atomic E-state index is -3.59. The molecule has 2 aliphatic rings. The van der Waals surface area contributed by atoms with Gasteiger partial charge >= 0.3 is 0 Å². The Morgan fingerprint density at radius 3 is 2.57 bits per heavy atom. The smallest absolute Gasteiger partial charge is 0.253 e. The first-order valence-corrected chi connectivity index (χ1v) is 11.1. The summed E-state index contributed by atoms with van der Waals surface area (Å²) in [7, 11) is -1.95. The quantitative estimate of drug-likeness (QED) is 0.720. The molecule has 1 aromatic carbocycles. The number of sulfonamides is 1. The molecule has 1 aliphatic heterocycles. The standard InChI is InChI=1S/C19H29N3O4S.ClH/c1-22(15-7-3-2-4-8-15)27(24,25)17-9-5-6-14(12-17)21-19(23)18-11-10-16(13-20)26-18;/h5-6,9,12,15-16,18H,2-4,7-8,10-11,13,20H2,1H3,(H,21,23);1H/t16-,18+;/m1./s1. The second-order valence-corrected chi connectivity index (χ2v) is 9.39. The van der Waals surface area contributed by atoms with Gasteiger partial charge in [0, 0.05) is 25.3 Å². The minimum Gasteiger partial charge on any atom is -0.364 e. The number of carbonyl (C=O) groups excluding carboxylic acids is 1. The molecule has 1 saturated heterocycles. The van der Waals surface area contributed by atoms with Crippen LogP contribution in [0.5, 0.6) is 0 Å². The van der Waals surface area contributed by atoms with Crippen molar-refractivity contribution in [1.82, 2.24) is 4.31 Å². The lowest BCUT2D eigenvalue weighted by Gasteiger charge is -2.30. The molecule has 3 rings (SSSR count). The van der Waals surface area contributed by atoms with E-state index in [0.29, 0.717) is 18.7 Å². The normalized spacial score (nSPS) is 23.4. The number of halogens is 1. The van der Waals surface area contributed by atoms with Gasteiger partial charge < -0.3 is 15.8 Å². The number of nitrogens with one attached hydrogen (secondary N) is 1. The van der Waals surface area contributed by atoms with E-state index >= 15 is 0 Å². The summed E-state index contributed by atoms with van der Waals surface area (Å²) in [6.45, 7) is 0.394. The molecule has 0 bridgehead atoms. The van der Waals surface area contributed by atoms with Crippen LogP contribution in [0.4, 0.5) is 5.69 Å². The van der Waals surface area contributed by atoms with Crippen molar-refractivity contribution in [2.24, 2.45) is 5.73 Å². The van der Waals surface area contributed by atoms with Gasteiger partial charge in [0.25, 0.3) is 5.91 Å². The van der Waals surface area contributed by atoms with Crippen LogP contribution in [0.25, 0.3) is 0 Å². The number of hydrogen-bond acceptors (Lipinski definition) is 5. The number of rotatable bonds is 6. The summed E-state index contributed by atoms with van der Waals surface area (Å²) in [4.78, 5) is 12.6. The number of ether oxygens (including phenoxy) is 1. The second-order valence-electron chi connectivity index (χ2n) is 7.39. The SMILES string of the molecule is CN(C1CCCCC1)S(=O)(=O)c1cccc(NC(=O)[C@@H]2CC[C@H](CN)O2)c1.Cl. The molecule has 1 aliphatic carbocycles. The van der Waals surface area contributed by atoms with Crippen LogP contribution >= 0.6 is 12.4 Å². The number of amides is 1. The highest BCUT2D eigenvalue weighted by molar-refractivity contribution is 7.89. The van der Waals surface area contributed by atoms with Crippen LogP contribution < -0.4 is 11.1 Å². The monoisotopic (exact) mass is 431 g/mol. The Balaban J connectivity index is 0.00000280. The summed E-state index contributed by atoms with van der Waals surface area (Å²) in [6.07, 6.45) is 5.84. The van der Waals surface area contributed by atoms with Crippen molar-refractivity contribution in [3.05, 3.63) is 24.3 Å². The molecule has 0 spiro atoms. The zero-order valence-electron chi connectivity index (χ0n) is 16.2. The maximum Gasteiger partial charge on any atom is 0.253 e. The molecule has 1 aromatic rings. The van der Waals surface area contributed by atoms with E-state index in [1.807, 2.05) is 0 Å². The van der Waals surface area contributed by atoms with Crippen molar-refractivity contribution in [2.75, 3.05) is 18.9 Å². The first kappa shape index (κ1) is 23.1. The Bertz CT molecular complexity index is 768. The van der Waals surface area contributed by atoms with E-state index in [2.05, 4.69) is 5.32 Å². The summed E-state index contributed by atoms with van der Waals surface area (Å²) in [5.74, 6) is -0.263. The van der Waals surface area contributed by atoms with Crippen molar-refractivity contribution >= 4 is 34.0 Å². The Morgan fingerprint density at radius 2 is 1.93 bits per heavy atom. The van der Waals surface area contributed by atoms with Crippen molar-refractivity contribution in [1.29, 1.82) is 0 Å². The van der Waals surface area contributed by atoms with Gasteiger partial charge in [0.05, 0.1) is 11.0 Å². The van der Waals surface area contributed by atoms with Crippen LogP contribution in [0.3, 0.4) is 0 Å². The molecule has 7 nitrogen and oxygen atoms in total. The fourth-order valence-corrected chi connectivity index (χ4v) is 5.30. The van der Waals surface area contributed by atoms with Crippen LogP contribution in [0.15, 0.2) is 29.2 Å². The van der Waals surface area contributed by atoms with Gasteiger partial charge in [-0.25, -0.2) is 8.42 Å². The van der Waals surface area contributed by atoms with E-state index < -0.39 is 16.1 Å². The molecule has 28 heavy (non-hydrogen) atoms. The molecule has 9 heteroatoms. The Morgan fingerprint density at radius 1 is 1.21 bits per heavy atom. The largest absolute Gasteiger partial charge is 0.364 e. The molecule has 0 aromatic heterocycles. The predicted molar refractivity (Wildman–Crippen MR) is 111 cm³/mol. The average molecular weight is 432 g/mol. The highest BCUT2D eigenvalue weighted by Gasteiger charge is 2.31. The fourth-order valence-electron chi connectivity index (χ4n) is 3.84. The summed E-state index contributed by atoms with van der Waals surface area (Å²) in [6, 6.07) is 6.47. The predicted octanol–water partition coefficient (Wildman–Crippen LogP) is 2.51. The lowest BCUT2D eigenvalue weighted by Crippen LogP contribution is -2.38. The molecule has 1 amide bonds. The topological polar surface area (TPSA) is 102 Å². The third kappa shape index (κ3) is 5.24. The Kier molecular flexibility index (Phi) is 8.27. The van der Waals surface area contributed by atoms with Gasteiger partial charge in [0.15, 0.2) is 0 Å². The van der Waals surface area contributed by atoms with Gasteiger partial charge in [-0.1, -0.05) is 25.3 Å². The third-order valence-corrected chi connectivity index (χ3v) is 7.44. The maximum absolute atomic E-state index is 13.0. The number of anilines is 1. The Labute approximate surface area is 173 Å². The summed E-state index contributed by atoms with van der Waals surface area (Å²) in [5, 5.41) is 2.77. The number of hydrogen-bond donors (Lipinski definition) is 2. The summed E-state index contributed by atoms with van der Waals surface area (Å²) >= 11 is 0. The van der Waals surface area contributed by atoms with Crippen molar-refractivity contribution in [2.45, 2.75) is 68.1 Å². The zero-order chi connectivity index (χ0) is 19.4. The van der Waals surface area contributed by atoms with E-state index in [1.165, 1.54) is 16.8 Å². The molecule has 2 fully saturated rings. The molecule has 2 atom stereocenters. The lowest BCUT2D eigenvalue weighted by atomic mass is 9.96. The average Bonchev–Trinajstić information content (AvgIpc) is 3.18. The van der Waals surface area contributed by atoms with E-state index in [1.54, 1.807) is 25.2 Å². The first-order valence-electron chi connectivity index (χ1n) is 9.66. The summed E-state index contributed by atoms with van der Waals surface area (Å²) in [5.41, 5.74) is 6.03. The van der Waals surface area contributed by atoms with Crippen molar-refractivity contribution in [3.8, 4) is 0 Å². The van der Waals surface area contributed by atoms with E-state index in [0.717, 1.165) is 32.1 Å². The van der Waals surface area contributed by atoms with Crippen LogP contribution in [0, 0.1) is 0 Å². The number of nitrogens with two attached hydrogens (primary N) is 1. The van der Waals surface area contributed by atoms with Crippen LogP contribution in [0.1, 0.15) is 44.9 Å².